The molecular weight excluding hydrogens is 480 g/mol. The zero-order chi connectivity index (χ0) is 26.9. The van der Waals surface area contributed by atoms with Crippen LogP contribution in [-0.4, -0.2) is 73.6 Å². The molecule has 5 rings (SSSR count). The first-order chi connectivity index (χ1) is 18.1. The number of carbonyl (C=O) groups is 3. The first kappa shape index (κ1) is 27.0. The van der Waals surface area contributed by atoms with Crippen LogP contribution in [-0.2, 0) is 25.5 Å². The van der Waals surface area contributed by atoms with Gasteiger partial charge in [-0.3, -0.25) is 19.7 Å². The summed E-state index contributed by atoms with van der Waals surface area (Å²) < 4.78 is 5.37. The summed E-state index contributed by atoms with van der Waals surface area (Å²) in [5.74, 6) is -0.391. The van der Waals surface area contributed by atoms with E-state index in [0.717, 1.165) is 38.9 Å². The minimum atomic E-state index is -0.386. The van der Waals surface area contributed by atoms with Crippen molar-refractivity contribution in [2.75, 3.05) is 49.1 Å². The van der Waals surface area contributed by atoms with E-state index in [-0.39, 0.29) is 29.4 Å². The Morgan fingerprint density at radius 3 is 2.45 bits per heavy atom. The number of imide groups is 1. The molecule has 4 aliphatic rings. The molecule has 0 aliphatic carbocycles. The highest BCUT2D eigenvalue weighted by atomic mass is 16.6. The van der Waals surface area contributed by atoms with Crippen molar-refractivity contribution in [3.8, 4) is 0 Å². The van der Waals surface area contributed by atoms with Gasteiger partial charge in [-0.2, -0.15) is 0 Å². The molecule has 3 saturated heterocycles. The van der Waals surface area contributed by atoms with Gasteiger partial charge in [0.1, 0.15) is 11.6 Å². The Labute approximate surface area is 227 Å². The number of hydrogen-bond acceptors (Lipinski definition) is 7. The molecule has 4 heterocycles. The first-order valence-electron chi connectivity index (χ1n) is 14.5. The molecule has 1 atom stereocenters. The highest BCUT2D eigenvalue weighted by Crippen LogP contribution is 2.46. The number of carbonyl (C=O) groups excluding carboxylic acids is 3. The Kier molecular flexibility index (Phi) is 7.72. The van der Waals surface area contributed by atoms with E-state index in [9.17, 15) is 14.4 Å². The lowest BCUT2D eigenvalue weighted by molar-refractivity contribution is -0.155. The van der Waals surface area contributed by atoms with Gasteiger partial charge in [-0.25, -0.2) is 0 Å². The number of hydrogen-bond donors (Lipinski definition) is 1. The minimum absolute atomic E-state index is 0.0787. The van der Waals surface area contributed by atoms with Crippen molar-refractivity contribution in [1.29, 1.82) is 0 Å². The molecule has 1 aromatic rings. The standard InChI is InChI=1S/C30H44N4O4/c1-29(2,3)38-27(36)12-7-5-4-6-8-16-32-18-30(19-32)20-33(21-30)23-10-9-11-24-22(23)15-17-34(24)25-13-14-26(35)31-28(25)37/h9-11,25H,4-8,12-21H2,1-3H3,(H,31,35,37). The molecule has 4 aliphatic heterocycles. The second-order valence-corrected chi connectivity index (χ2v) is 12.9. The van der Waals surface area contributed by atoms with Gasteiger partial charge in [-0.1, -0.05) is 25.3 Å². The molecule has 3 fully saturated rings. The van der Waals surface area contributed by atoms with Gasteiger partial charge in [0.2, 0.25) is 11.8 Å². The molecule has 8 nitrogen and oxygen atoms in total. The van der Waals surface area contributed by atoms with Gasteiger partial charge in [-0.05, 0) is 65.1 Å². The zero-order valence-electron chi connectivity index (χ0n) is 23.4. The number of rotatable bonds is 10. The van der Waals surface area contributed by atoms with Gasteiger partial charge in [-0.15, -0.1) is 0 Å². The largest absolute Gasteiger partial charge is 0.460 e. The Bertz CT molecular complexity index is 1050. The fourth-order valence-electron chi connectivity index (χ4n) is 6.76. The first-order valence-corrected chi connectivity index (χ1v) is 14.5. The number of piperidine rings is 1. The van der Waals surface area contributed by atoms with Crippen molar-refractivity contribution in [1.82, 2.24) is 10.2 Å². The van der Waals surface area contributed by atoms with Crippen molar-refractivity contribution < 1.29 is 19.1 Å². The lowest BCUT2D eigenvalue weighted by Gasteiger charge is -2.61. The van der Waals surface area contributed by atoms with Crippen molar-refractivity contribution in [3.05, 3.63) is 23.8 Å². The van der Waals surface area contributed by atoms with Gasteiger partial charge < -0.3 is 19.4 Å². The van der Waals surface area contributed by atoms with E-state index in [1.165, 1.54) is 55.8 Å². The maximum absolute atomic E-state index is 12.5. The zero-order valence-corrected chi connectivity index (χ0v) is 23.4. The van der Waals surface area contributed by atoms with Crippen LogP contribution < -0.4 is 15.1 Å². The molecule has 8 heteroatoms. The molecule has 2 amide bonds. The smallest absolute Gasteiger partial charge is 0.306 e. The lowest BCUT2D eigenvalue weighted by atomic mass is 9.72. The molecule has 208 valence electrons. The van der Waals surface area contributed by atoms with Gasteiger partial charge in [0.15, 0.2) is 0 Å². The molecule has 1 unspecified atom stereocenters. The molecule has 1 aromatic carbocycles. The number of fused-ring (bicyclic) bond motifs is 1. The van der Waals surface area contributed by atoms with Crippen LogP contribution in [0, 0.1) is 5.41 Å². The van der Waals surface area contributed by atoms with E-state index in [2.05, 4.69) is 38.2 Å². The van der Waals surface area contributed by atoms with Gasteiger partial charge in [0.25, 0.3) is 0 Å². The van der Waals surface area contributed by atoms with Crippen LogP contribution in [0.3, 0.4) is 0 Å². The summed E-state index contributed by atoms with van der Waals surface area (Å²) in [6.07, 6.45) is 8.17. The average molecular weight is 525 g/mol. The Hall–Kier alpha value is -2.61. The molecule has 1 spiro atoms. The van der Waals surface area contributed by atoms with E-state index in [0.29, 0.717) is 24.7 Å². The van der Waals surface area contributed by atoms with Crippen LogP contribution in [0.4, 0.5) is 11.4 Å². The third-order valence-electron chi connectivity index (χ3n) is 8.41. The fourth-order valence-corrected chi connectivity index (χ4v) is 6.76. The number of anilines is 2. The molecule has 0 aromatic heterocycles. The van der Waals surface area contributed by atoms with Crippen LogP contribution in [0.1, 0.15) is 77.7 Å². The average Bonchev–Trinajstić information content (AvgIpc) is 3.21. The summed E-state index contributed by atoms with van der Waals surface area (Å²) in [6.45, 7) is 12.4. The van der Waals surface area contributed by atoms with Crippen molar-refractivity contribution in [2.24, 2.45) is 5.41 Å². The Balaban J connectivity index is 0.999. The Morgan fingerprint density at radius 1 is 1.00 bits per heavy atom. The van der Waals surface area contributed by atoms with Gasteiger partial charge >= 0.3 is 5.97 Å². The normalized spacial score (nSPS) is 22.7. The summed E-state index contributed by atoms with van der Waals surface area (Å²) in [6, 6.07) is 6.24. The third-order valence-corrected chi connectivity index (χ3v) is 8.41. The SMILES string of the molecule is CC(C)(C)OC(=O)CCCCCCCN1CC2(C1)CN(c1cccc3c1CCN3C1CCC(=O)NC1=O)C2. The number of unbranched alkanes of at least 4 members (excludes halogenated alkanes) is 4. The fraction of sp³-hybridized carbons (Fsp3) is 0.700. The molecular formula is C30H44N4O4. The van der Waals surface area contributed by atoms with Crippen molar-refractivity contribution >= 4 is 29.2 Å². The lowest BCUT2D eigenvalue weighted by Crippen LogP contribution is -2.72. The van der Waals surface area contributed by atoms with E-state index in [1.807, 2.05) is 20.8 Å². The van der Waals surface area contributed by atoms with E-state index in [1.54, 1.807) is 0 Å². The summed E-state index contributed by atoms with van der Waals surface area (Å²) >= 11 is 0. The third kappa shape index (κ3) is 6.00. The summed E-state index contributed by atoms with van der Waals surface area (Å²) in [5, 5.41) is 2.51. The van der Waals surface area contributed by atoms with Crippen molar-refractivity contribution in [3.63, 3.8) is 0 Å². The van der Waals surface area contributed by atoms with Crippen LogP contribution in [0.2, 0.25) is 0 Å². The molecule has 0 saturated carbocycles. The minimum Gasteiger partial charge on any atom is -0.460 e. The number of ether oxygens (including phenoxy) is 1. The second-order valence-electron chi connectivity index (χ2n) is 12.9. The molecule has 38 heavy (non-hydrogen) atoms. The second kappa shape index (κ2) is 10.9. The molecule has 0 bridgehead atoms. The maximum Gasteiger partial charge on any atom is 0.306 e. The predicted molar refractivity (Wildman–Crippen MR) is 148 cm³/mol. The monoisotopic (exact) mass is 524 g/mol. The van der Waals surface area contributed by atoms with E-state index < -0.39 is 0 Å². The number of likely N-dealkylation sites (tertiary alicyclic amines) is 1. The van der Waals surface area contributed by atoms with Crippen LogP contribution >= 0.6 is 0 Å². The highest BCUT2D eigenvalue weighted by molar-refractivity contribution is 6.02. The number of nitrogens with zero attached hydrogens (tertiary/aromatic N) is 3. The molecule has 0 radical (unpaired) electrons. The molecule has 1 N–H and O–H groups in total. The number of nitrogens with one attached hydrogen (secondary N) is 1. The van der Waals surface area contributed by atoms with Crippen LogP contribution in [0.25, 0.3) is 0 Å². The maximum atomic E-state index is 12.5. The van der Waals surface area contributed by atoms with Gasteiger partial charge in [0, 0.05) is 67.9 Å². The summed E-state index contributed by atoms with van der Waals surface area (Å²) in [4.78, 5) is 43.1. The predicted octanol–water partition coefficient (Wildman–Crippen LogP) is 3.66. The number of amides is 2. The summed E-state index contributed by atoms with van der Waals surface area (Å²) in [5.41, 5.74) is 3.91. The van der Waals surface area contributed by atoms with E-state index in [4.69, 9.17) is 4.74 Å². The number of esters is 1. The van der Waals surface area contributed by atoms with Crippen LogP contribution in [0.15, 0.2) is 18.2 Å². The highest BCUT2D eigenvalue weighted by Gasteiger charge is 2.52. The van der Waals surface area contributed by atoms with E-state index >= 15 is 0 Å². The van der Waals surface area contributed by atoms with Gasteiger partial charge in [0.05, 0.1) is 0 Å². The van der Waals surface area contributed by atoms with Crippen LogP contribution in [0.5, 0.6) is 0 Å². The quantitative estimate of drug-likeness (QED) is 0.284. The summed E-state index contributed by atoms with van der Waals surface area (Å²) in [7, 11) is 0. The topological polar surface area (TPSA) is 82.2 Å². The number of benzene rings is 1. The van der Waals surface area contributed by atoms with Crippen molar-refractivity contribution in [2.45, 2.75) is 90.2 Å². The Morgan fingerprint density at radius 2 is 1.71 bits per heavy atom.